The van der Waals surface area contributed by atoms with Crippen LogP contribution in [0.4, 0.5) is 0 Å². The molecule has 0 amide bonds. The molecule has 0 saturated carbocycles. The Bertz CT molecular complexity index is 403. The van der Waals surface area contributed by atoms with E-state index in [-0.39, 0.29) is 6.61 Å². The van der Waals surface area contributed by atoms with Crippen molar-refractivity contribution in [3.63, 3.8) is 0 Å². The second-order valence-corrected chi connectivity index (χ2v) is 3.48. The zero-order chi connectivity index (χ0) is 9.97. The lowest BCUT2D eigenvalue weighted by molar-refractivity contribution is 0.281. The van der Waals surface area contributed by atoms with E-state index in [9.17, 15) is 5.11 Å². The predicted octanol–water partition coefficient (Wildman–Crippen LogP) is 2.89. The van der Waals surface area contributed by atoms with Crippen LogP contribution in [0.1, 0.15) is 18.1 Å². The first kappa shape index (κ1) is 9.22. The Kier molecular flexibility index (Phi) is 2.51. The molecule has 2 aromatic carbocycles. The summed E-state index contributed by atoms with van der Waals surface area (Å²) in [5, 5.41) is 11.7. The van der Waals surface area contributed by atoms with Crippen molar-refractivity contribution < 1.29 is 5.11 Å². The van der Waals surface area contributed by atoms with Crippen LogP contribution in [-0.4, -0.2) is 5.11 Å². The van der Waals surface area contributed by atoms with Crippen LogP contribution < -0.4 is 0 Å². The molecule has 0 spiro atoms. The molecule has 0 unspecified atom stereocenters. The Morgan fingerprint density at radius 3 is 2.07 bits per heavy atom. The highest BCUT2D eigenvalue weighted by molar-refractivity contribution is 5.84. The van der Waals surface area contributed by atoms with Crippen LogP contribution in [0.2, 0.25) is 0 Å². The summed E-state index contributed by atoms with van der Waals surface area (Å²) in [5.41, 5.74) is 2.29. The van der Waals surface area contributed by atoms with Crippen molar-refractivity contribution >= 4 is 10.8 Å². The van der Waals surface area contributed by atoms with Gasteiger partial charge in [-0.15, -0.1) is 0 Å². The molecule has 0 aliphatic rings. The third-order valence-corrected chi connectivity index (χ3v) is 2.62. The Morgan fingerprint density at radius 1 is 1.00 bits per heavy atom. The van der Waals surface area contributed by atoms with E-state index >= 15 is 0 Å². The zero-order valence-corrected chi connectivity index (χ0v) is 8.33. The number of aryl methyl sites for hydroxylation is 1. The molecular weight excluding hydrogens is 172 g/mol. The van der Waals surface area contributed by atoms with E-state index in [2.05, 4.69) is 31.2 Å². The maximum absolute atomic E-state index is 9.21. The van der Waals surface area contributed by atoms with Crippen molar-refractivity contribution in [2.45, 2.75) is 20.0 Å². The Labute approximate surface area is 84.0 Å². The summed E-state index contributed by atoms with van der Waals surface area (Å²) in [5.74, 6) is 0. The molecule has 2 rings (SSSR count). The Morgan fingerprint density at radius 2 is 1.57 bits per heavy atom. The van der Waals surface area contributed by atoms with Crippen LogP contribution in [0, 0.1) is 0 Å². The summed E-state index contributed by atoms with van der Waals surface area (Å²) in [4.78, 5) is 0. The van der Waals surface area contributed by atoms with Gasteiger partial charge in [0.05, 0.1) is 6.61 Å². The van der Waals surface area contributed by atoms with E-state index in [1.54, 1.807) is 0 Å². The van der Waals surface area contributed by atoms with Gasteiger partial charge in [-0.2, -0.15) is 0 Å². The summed E-state index contributed by atoms with van der Waals surface area (Å²) in [6.45, 7) is 2.25. The van der Waals surface area contributed by atoms with Crippen LogP contribution in [0.5, 0.6) is 0 Å². The summed E-state index contributed by atoms with van der Waals surface area (Å²) in [6, 6.07) is 12.5. The maximum atomic E-state index is 9.21. The standard InChI is InChI=1S/C13H14O/c1-2-10-7-11-5-3-4-6-12(11)8-13(10)9-14/h3-8,14H,2,9H2,1H3. The van der Waals surface area contributed by atoms with Gasteiger partial charge in [-0.05, 0) is 34.4 Å². The quantitative estimate of drug-likeness (QED) is 0.764. The Hall–Kier alpha value is -1.34. The van der Waals surface area contributed by atoms with Crippen LogP contribution >= 0.6 is 0 Å². The minimum atomic E-state index is 0.133. The SMILES string of the molecule is CCc1cc2ccccc2cc1CO. The third-order valence-electron chi connectivity index (χ3n) is 2.62. The molecule has 1 N–H and O–H groups in total. The number of hydrogen-bond donors (Lipinski definition) is 1. The predicted molar refractivity (Wildman–Crippen MR) is 59.2 cm³/mol. The molecule has 0 fully saturated rings. The van der Waals surface area contributed by atoms with Crippen molar-refractivity contribution in [3.8, 4) is 0 Å². The van der Waals surface area contributed by atoms with Crippen molar-refractivity contribution in [1.29, 1.82) is 0 Å². The van der Waals surface area contributed by atoms with Crippen LogP contribution in [0.15, 0.2) is 36.4 Å². The number of aliphatic hydroxyl groups excluding tert-OH is 1. The van der Waals surface area contributed by atoms with Crippen molar-refractivity contribution in [2.24, 2.45) is 0 Å². The fraction of sp³-hybridized carbons (Fsp3) is 0.231. The minimum Gasteiger partial charge on any atom is -0.392 e. The highest BCUT2D eigenvalue weighted by Crippen LogP contribution is 2.20. The van der Waals surface area contributed by atoms with E-state index in [4.69, 9.17) is 0 Å². The molecule has 0 heterocycles. The fourth-order valence-corrected chi connectivity index (χ4v) is 1.81. The summed E-state index contributed by atoms with van der Waals surface area (Å²) < 4.78 is 0. The highest BCUT2D eigenvalue weighted by Gasteiger charge is 2.01. The molecule has 0 aromatic heterocycles. The van der Waals surface area contributed by atoms with Gasteiger partial charge in [0.15, 0.2) is 0 Å². The second-order valence-electron chi connectivity index (χ2n) is 3.48. The molecule has 0 aliphatic carbocycles. The monoisotopic (exact) mass is 186 g/mol. The molecule has 0 atom stereocenters. The lowest BCUT2D eigenvalue weighted by Gasteiger charge is -2.07. The van der Waals surface area contributed by atoms with Crippen LogP contribution in [0.25, 0.3) is 10.8 Å². The van der Waals surface area contributed by atoms with Crippen molar-refractivity contribution in [1.82, 2.24) is 0 Å². The third kappa shape index (κ3) is 1.51. The van der Waals surface area contributed by atoms with Gasteiger partial charge in [0.1, 0.15) is 0 Å². The van der Waals surface area contributed by atoms with E-state index in [1.165, 1.54) is 16.3 Å². The molecule has 1 nitrogen and oxygen atoms in total. The van der Waals surface area contributed by atoms with E-state index in [1.807, 2.05) is 12.1 Å². The first-order valence-corrected chi connectivity index (χ1v) is 4.96. The van der Waals surface area contributed by atoms with Gasteiger partial charge in [-0.1, -0.05) is 37.3 Å². The van der Waals surface area contributed by atoms with E-state index in [0.717, 1.165) is 12.0 Å². The molecular formula is C13H14O. The van der Waals surface area contributed by atoms with Gasteiger partial charge in [0, 0.05) is 0 Å². The average molecular weight is 186 g/mol. The lowest BCUT2D eigenvalue weighted by Crippen LogP contribution is -1.92. The number of benzene rings is 2. The number of aliphatic hydroxyl groups is 1. The first-order chi connectivity index (χ1) is 6.85. The molecule has 2 aromatic rings. The summed E-state index contributed by atoms with van der Waals surface area (Å²) in [6.07, 6.45) is 0.973. The lowest BCUT2D eigenvalue weighted by atomic mass is 10.00. The van der Waals surface area contributed by atoms with Crippen molar-refractivity contribution in [3.05, 3.63) is 47.5 Å². The fourth-order valence-electron chi connectivity index (χ4n) is 1.81. The zero-order valence-electron chi connectivity index (χ0n) is 8.33. The summed E-state index contributed by atoms with van der Waals surface area (Å²) in [7, 11) is 0. The Balaban J connectivity index is 2.69. The topological polar surface area (TPSA) is 20.2 Å². The summed E-state index contributed by atoms with van der Waals surface area (Å²) >= 11 is 0. The molecule has 0 radical (unpaired) electrons. The average Bonchev–Trinajstić information content (AvgIpc) is 2.27. The molecule has 0 bridgehead atoms. The van der Waals surface area contributed by atoms with Gasteiger partial charge < -0.3 is 5.11 Å². The van der Waals surface area contributed by atoms with Crippen LogP contribution in [0.3, 0.4) is 0 Å². The molecule has 0 aliphatic heterocycles. The smallest absolute Gasteiger partial charge is 0.0684 e. The molecule has 0 saturated heterocycles. The number of fused-ring (bicyclic) bond motifs is 1. The largest absolute Gasteiger partial charge is 0.392 e. The van der Waals surface area contributed by atoms with Gasteiger partial charge in [-0.3, -0.25) is 0 Å². The molecule has 1 heteroatoms. The number of rotatable bonds is 2. The number of hydrogen-bond acceptors (Lipinski definition) is 1. The molecule has 14 heavy (non-hydrogen) atoms. The first-order valence-electron chi connectivity index (χ1n) is 4.96. The normalized spacial score (nSPS) is 10.7. The van der Waals surface area contributed by atoms with E-state index < -0.39 is 0 Å². The van der Waals surface area contributed by atoms with Crippen molar-refractivity contribution in [2.75, 3.05) is 0 Å². The second kappa shape index (κ2) is 3.81. The minimum absolute atomic E-state index is 0.133. The highest BCUT2D eigenvalue weighted by atomic mass is 16.3. The van der Waals surface area contributed by atoms with Gasteiger partial charge >= 0.3 is 0 Å². The maximum Gasteiger partial charge on any atom is 0.0684 e. The van der Waals surface area contributed by atoms with Gasteiger partial charge in [0.25, 0.3) is 0 Å². The van der Waals surface area contributed by atoms with Crippen LogP contribution in [-0.2, 0) is 13.0 Å². The van der Waals surface area contributed by atoms with Gasteiger partial charge in [0.2, 0.25) is 0 Å². The molecule has 72 valence electrons. The van der Waals surface area contributed by atoms with Gasteiger partial charge in [-0.25, -0.2) is 0 Å². The van der Waals surface area contributed by atoms with E-state index in [0.29, 0.717) is 0 Å².